The molecule has 0 saturated carbocycles. The number of urea groups is 1. The number of nitrogens with two attached hydrogens (primary N) is 2. The third kappa shape index (κ3) is 8.21. The summed E-state index contributed by atoms with van der Waals surface area (Å²) < 4.78 is 1.41. The number of carboxylic acids is 1. The fourth-order valence-corrected chi connectivity index (χ4v) is 7.39. The first-order valence-corrected chi connectivity index (χ1v) is 16.4. The molecule has 0 aliphatic carbocycles. The summed E-state index contributed by atoms with van der Waals surface area (Å²) in [6, 6.07) is 1.14. The molecule has 5 rings (SSSR count). The zero-order valence-electron chi connectivity index (χ0n) is 26.5. The number of carbonyl (C=O) groups excluding carboxylic acids is 5. The van der Waals surface area contributed by atoms with Crippen LogP contribution in [0.3, 0.4) is 0 Å². The molecule has 2 aromatic heterocycles. The number of nitrogens with one attached hydrogen (secondary N) is 2. The number of aromatic hydroxyl groups is 2. The number of aromatic nitrogens is 6. The zero-order valence-corrected chi connectivity index (χ0v) is 30.2. The van der Waals surface area contributed by atoms with Gasteiger partial charge in [0.1, 0.15) is 28.9 Å². The molecule has 258 valence electrons. The van der Waals surface area contributed by atoms with Crippen molar-refractivity contribution in [1.82, 2.24) is 40.4 Å². The van der Waals surface area contributed by atoms with Gasteiger partial charge in [-0.1, -0.05) is 23.9 Å². The van der Waals surface area contributed by atoms with Crippen LogP contribution >= 0.6 is 23.5 Å². The minimum atomic E-state index is -1.62. The monoisotopic (exact) mass is 736 g/mol. The zero-order chi connectivity index (χ0) is 35.4. The fourth-order valence-electron chi connectivity index (χ4n) is 5.05. The molecule has 3 atom stereocenters. The molecule has 50 heavy (non-hydrogen) atoms. The number of thioether (sulfide) groups is 2. The van der Waals surface area contributed by atoms with Gasteiger partial charge >= 0.3 is 35.6 Å². The van der Waals surface area contributed by atoms with Crippen molar-refractivity contribution in [1.29, 1.82) is 0 Å². The van der Waals surface area contributed by atoms with Gasteiger partial charge in [-0.15, -0.1) is 16.9 Å². The van der Waals surface area contributed by atoms with E-state index in [0.717, 1.165) is 11.1 Å². The van der Waals surface area contributed by atoms with Gasteiger partial charge in [0, 0.05) is 31.5 Å². The van der Waals surface area contributed by atoms with Gasteiger partial charge < -0.3 is 42.2 Å². The summed E-state index contributed by atoms with van der Waals surface area (Å²) in [6.45, 7) is 0.236. The number of anilines is 2. The van der Waals surface area contributed by atoms with Gasteiger partial charge in [0.05, 0.1) is 17.9 Å². The molecular formula is C27H29N12NaO8S2. The van der Waals surface area contributed by atoms with Crippen molar-refractivity contribution >= 4 is 64.9 Å². The van der Waals surface area contributed by atoms with Crippen LogP contribution < -0.4 is 61.7 Å². The van der Waals surface area contributed by atoms with Crippen LogP contribution in [0.15, 0.2) is 46.9 Å². The van der Waals surface area contributed by atoms with Crippen LogP contribution in [0.25, 0.3) is 0 Å². The van der Waals surface area contributed by atoms with Gasteiger partial charge in [-0.05, 0) is 40.1 Å². The number of hydrogen-bond donors (Lipinski definition) is 6. The number of benzene rings is 1. The molecule has 23 heteroatoms. The average Bonchev–Trinajstić information content (AvgIpc) is 3.47. The number of hydrogen-bond acceptors (Lipinski definition) is 16. The van der Waals surface area contributed by atoms with Gasteiger partial charge in [0.2, 0.25) is 28.8 Å². The van der Waals surface area contributed by atoms with Gasteiger partial charge in [-0.3, -0.25) is 24.2 Å². The normalized spacial score (nSPS) is 17.1. The van der Waals surface area contributed by atoms with Crippen LogP contribution in [-0.4, -0.2) is 104 Å². The van der Waals surface area contributed by atoms with E-state index in [-0.39, 0.29) is 82.7 Å². The summed E-state index contributed by atoms with van der Waals surface area (Å²) in [6.07, 6.45) is 1.50. The molecule has 5 amide bonds. The Labute approximate surface area is 313 Å². The first kappa shape index (κ1) is 38.2. The molecular weight excluding hydrogens is 707 g/mol. The second kappa shape index (κ2) is 16.4. The molecule has 2 aliphatic heterocycles. The van der Waals surface area contributed by atoms with Gasteiger partial charge in [-0.2, -0.15) is 4.98 Å². The van der Waals surface area contributed by atoms with Crippen molar-refractivity contribution in [3.63, 3.8) is 0 Å². The molecule has 1 aromatic carbocycles. The number of aryl methyl sites for hydroxylation is 1. The standard InChI is InChI=1S/C27H30N12O8S2.Na/c1-37-27(34-35-36-37)49-11-13-10-48-23-17(22(44)39(23)19(13)24(45)46)32-21(43)18(12-4-6-14(40)7-5-12)38(25(29)47)15-9-31-26(33-20(15)42)30-8-2-3-16(28)41;/h4-7,9,17-18,23,40H,2-3,8,10-11H2,1H3,(H2,28,41)(H2,29,47)(H,32,43)(H,45,46)(H2,30,31,33,42);/q;+1/p-1/t17?,18?,23-;/m0./s1. The summed E-state index contributed by atoms with van der Waals surface area (Å²) >= 11 is 2.38. The van der Waals surface area contributed by atoms with Crippen LogP contribution in [0.2, 0.25) is 0 Å². The Bertz CT molecular complexity index is 1830. The Morgan fingerprint density at radius 2 is 1.92 bits per heavy atom. The fraction of sp³-hybridized carbons (Fsp3) is 0.333. The second-order valence-corrected chi connectivity index (χ2v) is 12.7. The number of carboxylic acid groups (broad SMARTS) is 1. The van der Waals surface area contributed by atoms with E-state index in [0.29, 0.717) is 22.1 Å². The number of phenolic OH excluding ortho intramolecular Hbond substituents is 1. The Morgan fingerprint density at radius 1 is 1.20 bits per heavy atom. The summed E-state index contributed by atoms with van der Waals surface area (Å²) in [4.78, 5) is 73.2. The van der Waals surface area contributed by atoms with E-state index in [1.807, 2.05) is 0 Å². The Kier molecular flexibility index (Phi) is 12.5. The molecule has 0 radical (unpaired) electrons. The molecule has 3 aromatic rings. The maximum atomic E-state index is 14.0. The quantitative estimate of drug-likeness (QED) is 0.0390. The number of carbonyl (C=O) groups is 5. The van der Waals surface area contributed by atoms with Gasteiger partial charge in [0.25, 0.3) is 5.91 Å². The SMILES string of the molecule is Cn1nnnc1SCC1=C(C(=O)[O-])N2C(=O)C(NC(=O)C(c3ccc(O)cc3)N(C(N)=O)c3cnc(NCCCC(N)=O)nc3O)[C@@H]2SC1.[Na+]. The predicted octanol–water partition coefficient (Wildman–Crippen LogP) is -5.08. The number of nitrogens with zero attached hydrogens (tertiary/aromatic N) is 8. The van der Waals surface area contributed by atoms with Crippen molar-refractivity contribution in [2.45, 2.75) is 35.5 Å². The summed E-state index contributed by atoms with van der Waals surface area (Å²) in [5, 5.41) is 49.0. The number of amides is 5. The summed E-state index contributed by atoms with van der Waals surface area (Å²) in [7, 11) is 1.62. The molecule has 4 heterocycles. The first-order chi connectivity index (χ1) is 23.4. The van der Waals surface area contributed by atoms with E-state index in [4.69, 9.17) is 11.5 Å². The molecule has 2 unspecified atom stereocenters. The first-order valence-electron chi connectivity index (χ1n) is 14.4. The average molecular weight is 737 g/mol. The van der Waals surface area contributed by atoms with Crippen LogP contribution in [0.1, 0.15) is 24.4 Å². The number of phenols is 1. The van der Waals surface area contributed by atoms with E-state index < -0.39 is 53.1 Å². The van der Waals surface area contributed by atoms with Crippen molar-refractivity contribution in [2.24, 2.45) is 18.5 Å². The van der Waals surface area contributed by atoms with Gasteiger partial charge in [0.15, 0.2) is 0 Å². The Morgan fingerprint density at radius 3 is 2.52 bits per heavy atom. The largest absolute Gasteiger partial charge is 1.00 e. The number of β-lactam (4-membered cyclic amide) rings is 1. The van der Waals surface area contributed by atoms with Gasteiger partial charge in [-0.25, -0.2) is 14.5 Å². The smallest absolute Gasteiger partial charge is 0.543 e. The third-order valence-electron chi connectivity index (χ3n) is 7.34. The number of rotatable bonds is 14. The second-order valence-electron chi connectivity index (χ2n) is 10.6. The summed E-state index contributed by atoms with van der Waals surface area (Å²) in [5.74, 6) is -4.33. The van der Waals surface area contributed by atoms with Crippen molar-refractivity contribution in [3.05, 3.63) is 47.3 Å². The minimum Gasteiger partial charge on any atom is -0.543 e. The Balaban J connectivity index is 0.00000562. The van der Waals surface area contributed by atoms with Crippen LogP contribution in [0, 0.1) is 0 Å². The van der Waals surface area contributed by atoms with E-state index in [2.05, 4.69) is 36.1 Å². The number of fused-ring (bicyclic) bond motifs is 1. The topological polar surface area (TPSA) is 301 Å². The molecule has 1 fully saturated rings. The van der Waals surface area contributed by atoms with E-state index in [1.54, 1.807) is 7.05 Å². The maximum Gasteiger partial charge on any atom is 1.00 e. The molecule has 0 spiro atoms. The molecule has 20 nitrogen and oxygen atoms in total. The van der Waals surface area contributed by atoms with Crippen LogP contribution in [0.5, 0.6) is 11.6 Å². The van der Waals surface area contributed by atoms with Crippen molar-refractivity contribution in [2.75, 3.05) is 28.3 Å². The van der Waals surface area contributed by atoms with E-state index >= 15 is 0 Å². The minimum absolute atomic E-state index is 0. The van der Waals surface area contributed by atoms with Crippen LogP contribution in [0.4, 0.5) is 16.4 Å². The van der Waals surface area contributed by atoms with Crippen molar-refractivity contribution in [3.8, 4) is 11.6 Å². The number of tetrazole rings is 1. The summed E-state index contributed by atoms with van der Waals surface area (Å²) in [5.41, 5.74) is 10.7. The van der Waals surface area contributed by atoms with E-state index in [1.165, 1.54) is 52.5 Å². The number of primary amides is 2. The van der Waals surface area contributed by atoms with Crippen molar-refractivity contribution < 1.29 is 68.8 Å². The maximum absolute atomic E-state index is 14.0. The molecule has 2 aliphatic rings. The third-order valence-corrected chi connectivity index (χ3v) is 9.78. The molecule has 1 saturated heterocycles. The molecule has 8 N–H and O–H groups in total. The number of aliphatic carboxylic acids is 1. The Hall–Kier alpha value is -4.64. The predicted molar refractivity (Wildman–Crippen MR) is 170 cm³/mol. The molecule has 0 bridgehead atoms. The van der Waals surface area contributed by atoms with Crippen LogP contribution in [-0.2, 0) is 26.2 Å². The van der Waals surface area contributed by atoms with E-state index in [9.17, 15) is 39.3 Å².